The SMILES string of the molecule is CC1(Br)C=C(Br)C(=O)C=C1Br. The molecule has 0 heterocycles. The minimum absolute atomic E-state index is 0.00574. The van der Waals surface area contributed by atoms with Crippen LogP contribution in [-0.4, -0.2) is 10.1 Å². The maximum Gasteiger partial charge on any atom is 0.193 e. The van der Waals surface area contributed by atoms with Crippen molar-refractivity contribution in [1.82, 2.24) is 0 Å². The first-order chi connectivity index (χ1) is 4.93. The van der Waals surface area contributed by atoms with Crippen molar-refractivity contribution in [2.45, 2.75) is 11.2 Å². The Labute approximate surface area is 90.3 Å². The molecule has 60 valence electrons. The van der Waals surface area contributed by atoms with Gasteiger partial charge in [-0.2, -0.15) is 0 Å². The lowest BCUT2D eigenvalue weighted by atomic mass is 10.1. The Morgan fingerprint density at radius 3 is 2.45 bits per heavy atom. The van der Waals surface area contributed by atoms with Crippen LogP contribution in [0, 0.1) is 0 Å². The Kier molecular flexibility index (Phi) is 2.77. The van der Waals surface area contributed by atoms with Gasteiger partial charge in [0.2, 0.25) is 0 Å². The van der Waals surface area contributed by atoms with E-state index in [1.165, 1.54) is 0 Å². The van der Waals surface area contributed by atoms with Crippen molar-refractivity contribution in [3.63, 3.8) is 0 Å². The van der Waals surface area contributed by atoms with Crippen LogP contribution in [0.3, 0.4) is 0 Å². The first kappa shape index (κ1) is 9.68. The van der Waals surface area contributed by atoms with E-state index in [1.54, 1.807) is 6.08 Å². The molecule has 1 atom stereocenters. The molecule has 0 saturated carbocycles. The number of carbonyl (C=O) groups excluding carboxylic acids is 1. The molecule has 1 aliphatic rings. The van der Waals surface area contributed by atoms with Crippen LogP contribution in [0.25, 0.3) is 0 Å². The number of halogens is 3. The molecule has 0 aliphatic heterocycles. The second kappa shape index (κ2) is 3.15. The molecule has 0 spiro atoms. The van der Waals surface area contributed by atoms with Crippen molar-refractivity contribution in [2.24, 2.45) is 0 Å². The predicted molar refractivity (Wildman–Crippen MR) is 56.4 cm³/mol. The quantitative estimate of drug-likeness (QED) is 0.616. The van der Waals surface area contributed by atoms with E-state index in [1.807, 2.05) is 13.0 Å². The van der Waals surface area contributed by atoms with Gasteiger partial charge in [0, 0.05) is 4.48 Å². The summed E-state index contributed by atoms with van der Waals surface area (Å²) in [7, 11) is 0. The zero-order valence-corrected chi connectivity index (χ0v) is 10.5. The predicted octanol–water partition coefficient (Wildman–Crippen LogP) is 3.28. The summed E-state index contributed by atoms with van der Waals surface area (Å²) in [5, 5.41) is 0. The molecule has 4 heteroatoms. The Morgan fingerprint density at radius 2 is 2.00 bits per heavy atom. The lowest BCUT2D eigenvalue weighted by molar-refractivity contribution is -0.110. The molecule has 0 fully saturated rings. The molecule has 0 saturated heterocycles. The molecule has 11 heavy (non-hydrogen) atoms. The zero-order chi connectivity index (χ0) is 8.65. The molecule has 0 bridgehead atoms. The van der Waals surface area contributed by atoms with Crippen LogP contribution < -0.4 is 0 Å². The number of allylic oxidation sites excluding steroid dienone is 4. The van der Waals surface area contributed by atoms with Gasteiger partial charge in [-0.25, -0.2) is 0 Å². The first-order valence-electron chi connectivity index (χ1n) is 2.93. The first-order valence-corrected chi connectivity index (χ1v) is 5.30. The molecule has 0 aromatic rings. The molecular formula is C7H5Br3O. The molecular weight excluding hydrogens is 340 g/mol. The number of hydrogen-bond acceptors (Lipinski definition) is 1. The summed E-state index contributed by atoms with van der Waals surface area (Å²) >= 11 is 9.93. The fourth-order valence-electron chi connectivity index (χ4n) is 0.703. The van der Waals surface area contributed by atoms with Gasteiger partial charge in [0.05, 0.1) is 8.81 Å². The summed E-state index contributed by atoms with van der Waals surface area (Å²) in [5.41, 5.74) is 0. The topological polar surface area (TPSA) is 17.1 Å². The Bertz CT molecular complexity index is 263. The van der Waals surface area contributed by atoms with E-state index in [0.29, 0.717) is 4.48 Å². The molecule has 1 rings (SSSR count). The summed E-state index contributed by atoms with van der Waals surface area (Å²) in [6, 6.07) is 0. The van der Waals surface area contributed by atoms with E-state index in [0.717, 1.165) is 4.48 Å². The Balaban J connectivity index is 3.08. The van der Waals surface area contributed by atoms with Crippen molar-refractivity contribution in [3.8, 4) is 0 Å². The summed E-state index contributed by atoms with van der Waals surface area (Å²) in [6.45, 7) is 1.96. The molecule has 0 N–H and O–H groups in total. The molecule has 1 unspecified atom stereocenters. The van der Waals surface area contributed by atoms with Crippen molar-refractivity contribution in [3.05, 3.63) is 21.1 Å². The standard InChI is InChI=1S/C7H5Br3O/c1-7(10)3-4(8)5(11)2-6(7)9/h2-3H,1H3. The third-order valence-corrected chi connectivity index (χ3v) is 4.22. The maximum absolute atomic E-state index is 11.0. The van der Waals surface area contributed by atoms with E-state index in [-0.39, 0.29) is 10.1 Å². The van der Waals surface area contributed by atoms with Gasteiger partial charge < -0.3 is 0 Å². The van der Waals surface area contributed by atoms with Gasteiger partial charge in [-0.15, -0.1) is 0 Å². The fraction of sp³-hybridized carbons (Fsp3) is 0.286. The molecule has 0 aromatic heterocycles. The normalized spacial score (nSPS) is 31.5. The second-order valence-corrected chi connectivity index (χ2v) is 5.78. The van der Waals surface area contributed by atoms with Crippen molar-refractivity contribution < 1.29 is 4.79 Å². The van der Waals surface area contributed by atoms with Gasteiger partial charge in [0.15, 0.2) is 5.78 Å². The summed E-state index contributed by atoms with van der Waals surface area (Å²) < 4.78 is 1.19. The van der Waals surface area contributed by atoms with E-state index in [2.05, 4.69) is 47.8 Å². The number of alkyl halides is 1. The third-order valence-electron chi connectivity index (χ3n) is 1.36. The molecule has 0 aromatic carbocycles. The highest BCUT2D eigenvalue weighted by atomic mass is 79.9. The van der Waals surface area contributed by atoms with Crippen LogP contribution in [0.2, 0.25) is 0 Å². The largest absolute Gasteiger partial charge is 0.289 e. The maximum atomic E-state index is 11.0. The number of rotatable bonds is 0. The molecule has 0 radical (unpaired) electrons. The van der Waals surface area contributed by atoms with Crippen LogP contribution in [0.4, 0.5) is 0 Å². The highest BCUT2D eigenvalue weighted by molar-refractivity contribution is 9.14. The average Bonchev–Trinajstić information content (AvgIpc) is 1.83. The lowest BCUT2D eigenvalue weighted by Gasteiger charge is -2.21. The summed E-state index contributed by atoms with van der Waals surface area (Å²) in [6.07, 6.45) is 3.37. The average molecular weight is 345 g/mol. The van der Waals surface area contributed by atoms with Crippen LogP contribution in [-0.2, 0) is 4.79 Å². The van der Waals surface area contributed by atoms with Crippen LogP contribution in [0.1, 0.15) is 6.92 Å². The Hall–Kier alpha value is 0.590. The zero-order valence-electron chi connectivity index (χ0n) is 5.70. The highest BCUT2D eigenvalue weighted by Gasteiger charge is 2.27. The summed E-state index contributed by atoms with van der Waals surface area (Å²) in [4.78, 5) is 11.0. The number of ketones is 1. The van der Waals surface area contributed by atoms with E-state index in [9.17, 15) is 4.79 Å². The van der Waals surface area contributed by atoms with Crippen LogP contribution >= 0.6 is 47.8 Å². The van der Waals surface area contributed by atoms with E-state index in [4.69, 9.17) is 0 Å². The van der Waals surface area contributed by atoms with Crippen LogP contribution in [0.15, 0.2) is 21.1 Å². The third kappa shape index (κ3) is 2.04. The highest BCUT2D eigenvalue weighted by Crippen LogP contribution is 2.38. The monoisotopic (exact) mass is 342 g/mol. The summed E-state index contributed by atoms with van der Waals surface area (Å²) in [5.74, 6) is -0.00574. The van der Waals surface area contributed by atoms with Crippen LogP contribution in [0.5, 0.6) is 0 Å². The van der Waals surface area contributed by atoms with Crippen molar-refractivity contribution in [2.75, 3.05) is 0 Å². The molecule has 1 aliphatic carbocycles. The minimum atomic E-state index is -0.250. The fourth-order valence-corrected chi connectivity index (χ4v) is 2.25. The van der Waals surface area contributed by atoms with Gasteiger partial charge in [-0.1, -0.05) is 31.9 Å². The number of hydrogen-bond donors (Lipinski definition) is 0. The van der Waals surface area contributed by atoms with E-state index < -0.39 is 0 Å². The van der Waals surface area contributed by atoms with E-state index >= 15 is 0 Å². The molecule has 0 amide bonds. The smallest absolute Gasteiger partial charge is 0.193 e. The number of carbonyl (C=O) groups is 1. The Morgan fingerprint density at radius 1 is 1.45 bits per heavy atom. The van der Waals surface area contributed by atoms with Gasteiger partial charge in [0.25, 0.3) is 0 Å². The van der Waals surface area contributed by atoms with Gasteiger partial charge in [-0.3, -0.25) is 4.79 Å². The molecule has 1 nitrogen and oxygen atoms in total. The van der Waals surface area contributed by atoms with Crippen molar-refractivity contribution >= 4 is 53.6 Å². The minimum Gasteiger partial charge on any atom is -0.289 e. The van der Waals surface area contributed by atoms with Gasteiger partial charge in [0.1, 0.15) is 0 Å². The van der Waals surface area contributed by atoms with Gasteiger partial charge in [-0.05, 0) is 35.0 Å². The second-order valence-electron chi connectivity index (χ2n) is 2.42. The lowest BCUT2D eigenvalue weighted by Crippen LogP contribution is -2.18. The van der Waals surface area contributed by atoms with Crippen molar-refractivity contribution in [1.29, 1.82) is 0 Å². The van der Waals surface area contributed by atoms with Gasteiger partial charge >= 0.3 is 0 Å².